The summed E-state index contributed by atoms with van der Waals surface area (Å²) < 4.78 is 47.8. The zero-order valence-electron chi connectivity index (χ0n) is 11.5. The van der Waals surface area contributed by atoms with E-state index in [1.807, 2.05) is 0 Å². The van der Waals surface area contributed by atoms with Gasteiger partial charge < -0.3 is 9.47 Å². The van der Waals surface area contributed by atoms with Crippen molar-refractivity contribution in [1.29, 1.82) is 0 Å². The van der Waals surface area contributed by atoms with Gasteiger partial charge in [-0.15, -0.1) is 0 Å². The third-order valence-electron chi connectivity index (χ3n) is 2.62. The summed E-state index contributed by atoms with van der Waals surface area (Å²) in [4.78, 5) is 14.1. The minimum absolute atomic E-state index is 0.0444. The molecule has 2 rings (SSSR count). The second-order valence-corrected chi connectivity index (χ2v) is 4.42. The van der Waals surface area contributed by atoms with Crippen LogP contribution in [0.2, 0.25) is 0 Å². The first-order valence-corrected chi connectivity index (χ1v) is 6.31. The molecule has 0 N–H and O–H groups in total. The molecule has 0 saturated heterocycles. The normalized spacial score (nSPS) is 12.5. The van der Waals surface area contributed by atoms with Gasteiger partial charge in [-0.3, -0.25) is 4.79 Å². The first kappa shape index (κ1) is 15.8. The molecule has 1 heterocycles. The fourth-order valence-corrected chi connectivity index (χ4v) is 1.56. The lowest BCUT2D eigenvalue weighted by molar-refractivity contribution is -0.137. The Morgan fingerprint density at radius 2 is 1.73 bits per heavy atom. The number of carbonyl (C=O) groups excluding carboxylic acids is 1. The Balaban J connectivity index is 2.03. The highest BCUT2D eigenvalue weighted by Crippen LogP contribution is 2.30. The van der Waals surface area contributed by atoms with Crippen molar-refractivity contribution in [2.45, 2.75) is 19.2 Å². The molecule has 22 heavy (non-hydrogen) atoms. The molecule has 0 aliphatic carbocycles. The first-order chi connectivity index (χ1) is 10.4. The number of carbonyl (C=O) groups is 1. The van der Waals surface area contributed by atoms with Crippen LogP contribution >= 0.6 is 0 Å². The number of ether oxygens (including phenoxy) is 2. The van der Waals surface area contributed by atoms with Crippen LogP contribution in [0.3, 0.4) is 0 Å². The lowest BCUT2D eigenvalue weighted by Gasteiger charge is -2.10. The van der Waals surface area contributed by atoms with E-state index in [1.54, 1.807) is 31.2 Å². The van der Waals surface area contributed by atoms with Gasteiger partial charge in [0, 0.05) is 12.3 Å². The van der Waals surface area contributed by atoms with E-state index in [1.165, 1.54) is 0 Å². The van der Waals surface area contributed by atoms with Crippen LogP contribution in [-0.2, 0) is 11.0 Å². The van der Waals surface area contributed by atoms with Gasteiger partial charge in [-0.05, 0) is 37.3 Å². The first-order valence-electron chi connectivity index (χ1n) is 6.31. The summed E-state index contributed by atoms with van der Waals surface area (Å²) in [5, 5.41) is 0. The van der Waals surface area contributed by atoms with Gasteiger partial charge >= 0.3 is 6.18 Å². The predicted molar refractivity (Wildman–Crippen MR) is 71.9 cm³/mol. The number of nitrogens with zero attached hydrogens (tertiary/aromatic N) is 1. The number of pyridine rings is 1. The summed E-state index contributed by atoms with van der Waals surface area (Å²) in [5.74, 6) is 0.911. The van der Waals surface area contributed by atoms with Crippen LogP contribution in [0.1, 0.15) is 12.5 Å². The molecule has 4 nitrogen and oxygen atoms in total. The van der Waals surface area contributed by atoms with E-state index < -0.39 is 17.8 Å². The fraction of sp³-hybridized carbons (Fsp3) is 0.200. The van der Waals surface area contributed by atoms with Crippen molar-refractivity contribution in [3.05, 3.63) is 48.2 Å². The Morgan fingerprint density at radius 3 is 2.23 bits per heavy atom. The quantitative estimate of drug-likeness (QED) is 0.787. The van der Waals surface area contributed by atoms with E-state index in [9.17, 15) is 18.0 Å². The summed E-state index contributed by atoms with van der Waals surface area (Å²) in [6, 6.07) is 8.32. The molecule has 0 saturated carbocycles. The van der Waals surface area contributed by atoms with Crippen molar-refractivity contribution in [2.75, 3.05) is 0 Å². The lowest BCUT2D eigenvalue weighted by Crippen LogP contribution is -2.12. The minimum Gasteiger partial charge on any atom is -0.483 e. The number of rotatable bonds is 5. The van der Waals surface area contributed by atoms with Crippen LogP contribution in [0.15, 0.2) is 42.6 Å². The van der Waals surface area contributed by atoms with Crippen molar-refractivity contribution in [3.8, 4) is 17.4 Å². The Kier molecular flexibility index (Phi) is 4.65. The predicted octanol–water partition coefficient (Wildman–Crippen LogP) is 3.86. The Bertz CT molecular complexity index is 624. The SMILES string of the molecule is CC(C=O)Oc1ccc(Oc2ccc(C(F)(F)F)cn2)cc1. The molecule has 0 aliphatic rings. The second kappa shape index (κ2) is 6.46. The van der Waals surface area contributed by atoms with Crippen LogP contribution in [0.5, 0.6) is 17.4 Å². The van der Waals surface area contributed by atoms with Crippen molar-refractivity contribution < 1.29 is 27.4 Å². The molecule has 1 aromatic heterocycles. The van der Waals surface area contributed by atoms with Crippen LogP contribution in [-0.4, -0.2) is 17.4 Å². The van der Waals surface area contributed by atoms with Gasteiger partial charge in [0.15, 0.2) is 12.4 Å². The molecule has 1 aromatic carbocycles. The highest BCUT2D eigenvalue weighted by Gasteiger charge is 2.30. The number of benzene rings is 1. The summed E-state index contributed by atoms with van der Waals surface area (Å²) in [6.45, 7) is 1.60. The van der Waals surface area contributed by atoms with Crippen LogP contribution in [0.25, 0.3) is 0 Å². The second-order valence-electron chi connectivity index (χ2n) is 4.42. The topological polar surface area (TPSA) is 48.4 Å². The molecule has 2 aromatic rings. The molecule has 0 bridgehead atoms. The largest absolute Gasteiger partial charge is 0.483 e. The number of alkyl halides is 3. The van der Waals surface area contributed by atoms with Gasteiger partial charge in [0.2, 0.25) is 5.88 Å². The van der Waals surface area contributed by atoms with Gasteiger partial charge in [0.05, 0.1) is 5.56 Å². The number of hydrogen-bond acceptors (Lipinski definition) is 4. The Hall–Kier alpha value is -2.57. The monoisotopic (exact) mass is 311 g/mol. The van der Waals surface area contributed by atoms with E-state index in [0.717, 1.165) is 12.1 Å². The van der Waals surface area contributed by atoms with Crippen molar-refractivity contribution in [3.63, 3.8) is 0 Å². The van der Waals surface area contributed by atoms with E-state index in [4.69, 9.17) is 9.47 Å². The minimum atomic E-state index is -4.43. The van der Waals surface area contributed by atoms with E-state index in [-0.39, 0.29) is 5.88 Å². The molecule has 0 amide bonds. The zero-order valence-corrected chi connectivity index (χ0v) is 11.5. The molecule has 0 spiro atoms. The molecule has 0 fully saturated rings. The maximum absolute atomic E-state index is 12.4. The Morgan fingerprint density at radius 1 is 1.09 bits per heavy atom. The van der Waals surface area contributed by atoms with Crippen LogP contribution in [0.4, 0.5) is 13.2 Å². The molecule has 0 radical (unpaired) electrons. The average Bonchev–Trinajstić information content (AvgIpc) is 2.49. The molecule has 116 valence electrons. The van der Waals surface area contributed by atoms with Gasteiger partial charge in [0.1, 0.15) is 11.5 Å². The number of aldehydes is 1. The van der Waals surface area contributed by atoms with Gasteiger partial charge in [0.25, 0.3) is 0 Å². The molecule has 1 unspecified atom stereocenters. The van der Waals surface area contributed by atoms with E-state index >= 15 is 0 Å². The highest BCUT2D eigenvalue weighted by molar-refractivity contribution is 5.56. The molecule has 0 aliphatic heterocycles. The summed E-state index contributed by atoms with van der Waals surface area (Å²) >= 11 is 0. The van der Waals surface area contributed by atoms with Gasteiger partial charge in [-0.2, -0.15) is 13.2 Å². The van der Waals surface area contributed by atoms with E-state index in [0.29, 0.717) is 24.0 Å². The Labute approximate surface area is 124 Å². The summed E-state index contributed by atoms with van der Waals surface area (Å²) in [5.41, 5.74) is -0.841. The molecule has 7 heteroatoms. The smallest absolute Gasteiger partial charge is 0.417 e. The molecular formula is C15H12F3NO3. The van der Waals surface area contributed by atoms with E-state index in [2.05, 4.69) is 4.98 Å². The third-order valence-corrected chi connectivity index (χ3v) is 2.62. The number of halogens is 3. The van der Waals surface area contributed by atoms with Crippen molar-refractivity contribution in [1.82, 2.24) is 4.98 Å². The zero-order chi connectivity index (χ0) is 16.2. The highest BCUT2D eigenvalue weighted by atomic mass is 19.4. The van der Waals surface area contributed by atoms with Gasteiger partial charge in [-0.1, -0.05) is 0 Å². The van der Waals surface area contributed by atoms with Crippen LogP contribution < -0.4 is 9.47 Å². The maximum atomic E-state index is 12.4. The summed E-state index contributed by atoms with van der Waals surface area (Å²) in [7, 11) is 0. The number of aromatic nitrogens is 1. The molecule has 1 atom stereocenters. The van der Waals surface area contributed by atoms with Crippen molar-refractivity contribution in [2.24, 2.45) is 0 Å². The molecular weight excluding hydrogens is 299 g/mol. The fourth-order valence-electron chi connectivity index (χ4n) is 1.56. The third kappa shape index (κ3) is 4.21. The number of hydrogen-bond donors (Lipinski definition) is 0. The summed E-state index contributed by atoms with van der Waals surface area (Å²) in [6.07, 6.45) is -3.63. The van der Waals surface area contributed by atoms with Crippen LogP contribution in [0, 0.1) is 0 Å². The average molecular weight is 311 g/mol. The van der Waals surface area contributed by atoms with Crippen molar-refractivity contribution >= 4 is 6.29 Å². The van der Waals surface area contributed by atoms with Gasteiger partial charge in [-0.25, -0.2) is 4.98 Å². The maximum Gasteiger partial charge on any atom is 0.417 e. The lowest BCUT2D eigenvalue weighted by atomic mass is 10.3. The standard InChI is InChI=1S/C15H12F3NO3/c1-10(9-20)21-12-3-5-13(6-4-12)22-14-7-2-11(8-19-14)15(16,17)18/h2-10H,1H3.